The predicted octanol–water partition coefficient (Wildman–Crippen LogP) is 4.57. The monoisotopic (exact) mass is 429 g/mol. The minimum atomic E-state index is -4.47. The Kier molecular flexibility index (Phi) is 5.56. The van der Waals surface area contributed by atoms with Crippen molar-refractivity contribution in [1.82, 2.24) is 9.89 Å². The predicted molar refractivity (Wildman–Crippen MR) is 111 cm³/mol. The molecule has 1 aromatic heterocycles. The summed E-state index contributed by atoms with van der Waals surface area (Å²) in [4.78, 5) is 26.2. The maximum Gasteiger partial charge on any atom is 0.395 e. The van der Waals surface area contributed by atoms with Crippen molar-refractivity contribution in [1.29, 1.82) is 0 Å². The second-order valence-electron chi connectivity index (χ2n) is 8.07. The number of fused-ring (bicyclic) bond motifs is 1. The number of nitrogens with one attached hydrogen (secondary N) is 1. The van der Waals surface area contributed by atoms with E-state index < -0.39 is 29.5 Å². The number of carbonyl (C=O) groups is 1. The molecule has 0 spiro atoms. The number of halogens is 3. The van der Waals surface area contributed by atoms with Gasteiger partial charge in [0.2, 0.25) is 5.91 Å². The lowest BCUT2D eigenvalue weighted by molar-refractivity contribution is -0.223. The van der Waals surface area contributed by atoms with Crippen LogP contribution in [0, 0.1) is 5.41 Å². The van der Waals surface area contributed by atoms with Gasteiger partial charge in [0.05, 0.1) is 16.5 Å². The molecule has 0 unspecified atom stereocenters. The van der Waals surface area contributed by atoms with Crippen LogP contribution in [0.3, 0.4) is 0 Å². The van der Waals surface area contributed by atoms with Gasteiger partial charge in [-0.1, -0.05) is 61.4 Å². The van der Waals surface area contributed by atoms with Crippen molar-refractivity contribution in [2.45, 2.75) is 44.7 Å². The Balaban J connectivity index is 1.67. The quantitative estimate of drug-likeness (QED) is 0.646. The summed E-state index contributed by atoms with van der Waals surface area (Å²) < 4.78 is 40.9. The molecule has 0 atom stereocenters. The van der Waals surface area contributed by atoms with Gasteiger partial charge in [0.25, 0.3) is 5.56 Å². The summed E-state index contributed by atoms with van der Waals surface area (Å²) in [6.45, 7) is 0. The number of hydrogen-bond donors (Lipinski definition) is 1. The number of aromatic nitrogens is 2. The van der Waals surface area contributed by atoms with Crippen LogP contribution < -0.4 is 11.0 Å². The van der Waals surface area contributed by atoms with Gasteiger partial charge >= 0.3 is 6.18 Å². The van der Waals surface area contributed by atoms with Crippen LogP contribution in [0.2, 0.25) is 0 Å². The first kappa shape index (κ1) is 21.1. The molecule has 1 heterocycles. The Hall–Kier alpha value is -3.16. The van der Waals surface area contributed by atoms with Gasteiger partial charge in [-0.3, -0.25) is 9.59 Å². The van der Waals surface area contributed by atoms with Gasteiger partial charge in [-0.05, 0) is 24.5 Å². The fraction of sp³-hybridized carbons (Fsp3) is 0.348. The van der Waals surface area contributed by atoms with Crippen molar-refractivity contribution in [3.8, 4) is 0 Å². The highest BCUT2D eigenvalue weighted by molar-refractivity contribution is 5.86. The Bertz CT molecular complexity index is 1150. The van der Waals surface area contributed by atoms with E-state index in [4.69, 9.17) is 0 Å². The Morgan fingerprint density at radius 2 is 1.61 bits per heavy atom. The van der Waals surface area contributed by atoms with Crippen LogP contribution in [0.5, 0.6) is 0 Å². The summed E-state index contributed by atoms with van der Waals surface area (Å²) in [7, 11) is 0. The molecular weight excluding hydrogens is 407 g/mol. The van der Waals surface area contributed by atoms with E-state index in [9.17, 15) is 22.8 Å². The molecule has 1 aliphatic rings. The zero-order valence-corrected chi connectivity index (χ0v) is 16.8. The molecule has 31 heavy (non-hydrogen) atoms. The van der Waals surface area contributed by atoms with Crippen molar-refractivity contribution in [3.63, 3.8) is 0 Å². The van der Waals surface area contributed by atoms with Gasteiger partial charge in [-0.2, -0.15) is 18.3 Å². The number of hydrogen-bond acceptors (Lipinski definition) is 3. The van der Waals surface area contributed by atoms with Crippen molar-refractivity contribution >= 4 is 16.7 Å². The fourth-order valence-electron chi connectivity index (χ4n) is 4.33. The summed E-state index contributed by atoms with van der Waals surface area (Å²) >= 11 is 0. The van der Waals surface area contributed by atoms with E-state index in [1.54, 1.807) is 24.3 Å². The summed E-state index contributed by atoms with van der Waals surface area (Å²) in [5.74, 6) is -0.866. The number of nitrogens with zero attached hydrogens (tertiary/aromatic N) is 2. The van der Waals surface area contributed by atoms with Crippen LogP contribution in [-0.2, 0) is 11.2 Å². The largest absolute Gasteiger partial charge is 0.395 e. The number of alkyl halides is 3. The second-order valence-corrected chi connectivity index (χ2v) is 8.07. The normalized spacial score (nSPS) is 15.8. The fourth-order valence-corrected chi connectivity index (χ4v) is 4.33. The third kappa shape index (κ3) is 4.19. The maximum atomic E-state index is 13.6. The van der Waals surface area contributed by atoms with E-state index >= 15 is 0 Å². The molecule has 1 fully saturated rings. The standard InChI is InChI=1S/C23H22F3N3O2/c24-23(25,26)22(12-6-7-13-22)15-20(30)28-29-21(31)18-11-5-4-10-17(18)19(27-29)14-16-8-2-1-3-9-16/h1-5,8-11H,6-7,12-15H2,(H,28,30). The van der Waals surface area contributed by atoms with Gasteiger partial charge in [0, 0.05) is 18.2 Å². The molecule has 1 N–H and O–H groups in total. The van der Waals surface area contributed by atoms with Crippen LogP contribution in [-0.4, -0.2) is 22.0 Å². The molecule has 5 nitrogen and oxygen atoms in total. The molecule has 8 heteroatoms. The third-order valence-corrected chi connectivity index (χ3v) is 5.99. The maximum absolute atomic E-state index is 13.6. The number of benzene rings is 2. The zero-order chi connectivity index (χ0) is 22.1. The zero-order valence-electron chi connectivity index (χ0n) is 16.8. The van der Waals surface area contributed by atoms with Crippen LogP contribution >= 0.6 is 0 Å². The van der Waals surface area contributed by atoms with Crippen molar-refractivity contribution in [2.75, 3.05) is 5.43 Å². The van der Waals surface area contributed by atoms with Gasteiger partial charge < -0.3 is 0 Å². The Labute approximate surface area is 176 Å². The molecule has 1 amide bonds. The van der Waals surface area contributed by atoms with E-state index in [2.05, 4.69) is 10.5 Å². The van der Waals surface area contributed by atoms with E-state index in [1.807, 2.05) is 30.3 Å². The third-order valence-electron chi connectivity index (χ3n) is 5.99. The molecule has 0 bridgehead atoms. The highest BCUT2D eigenvalue weighted by Gasteiger charge is 2.56. The van der Waals surface area contributed by atoms with Crippen LogP contribution in [0.15, 0.2) is 59.4 Å². The first-order valence-corrected chi connectivity index (χ1v) is 10.2. The highest BCUT2D eigenvalue weighted by Crippen LogP contribution is 2.52. The number of rotatable bonds is 5. The summed E-state index contributed by atoms with van der Waals surface area (Å²) in [5.41, 5.74) is 1.20. The molecular formula is C23H22F3N3O2. The molecule has 0 saturated heterocycles. The van der Waals surface area contributed by atoms with E-state index in [1.165, 1.54) is 0 Å². The van der Waals surface area contributed by atoms with Gasteiger partial charge in [-0.25, -0.2) is 5.43 Å². The first-order valence-electron chi connectivity index (χ1n) is 10.2. The van der Waals surface area contributed by atoms with Gasteiger partial charge in [-0.15, -0.1) is 4.79 Å². The van der Waals surface area contributed by atoms with E-state index in [-0.39, 0.29) is 12.8 Å². The highest BCUT2D eigenvalue weighted by atomic mass is 19.4. The summed E-state index contributed by atoms with van der Waals surface area (Å²) in [5, 5.41) is 5.27. The van der Waals surface area contributed by atoms with E-state index in [0.717, 1.165) is 10.4 Å². The average Bonchev–Trinajstić information content (AvgIpc) is 3.22. The van der Waals surface area contributed by atoms with Crippen LogP contribution in [0.4, 0.5) is 13.2 Å². The lowest BCUT2D eigenvalue weighted by Gasteiger charge is -2.30. The first-order chi connectivity index (χ1) is 14.8. The Morgan fingerprint density at radius 3 is 2.26 bits per heavy atom. The molecule has 1 saturated carbocycles. The van der Waals surface area contributed by atoms with Crippen molar-refractivity contribution in [3.05, 3.63) is 76.2 Å². The van der Waals surface area contributed by atoms with Crippen LogP contribution in [0.1, 0.15) is 43.4 Å². The lowest BCUT2D eigenvalue weighted by Crippen LogP contribution is -2.42. The smallest absolute Gasteiger partial charge is 0.273 e. The summed E-state index contributed by atoms with van der Waals surface area (Å²) in [6.07, 6.45) is -4.08. The van der Waals surface area contributed by atoms with Crippen molar-refractivity contribution < 1.29 is 18.0 Å². The molecule has 1 aliphatic carbocycles. The Morgan fingerprint density at radius 1 is 1.00 bits per heavy atom. The second kappa shape index (κ2) is 8.17. The van der Waals surface area contributed by atoms with Gasteiger partial charge in [0.15, 0.2) is 0 Å². The molecule has 4 rings (SSSR count). The van der Waals surface area contributed by atoms with Gasteiger partial charge in [0.1, 0.15) is 0 Å². The van der Waals surface area contributed by atoms with E-state index in [0.29, 0.717) is 35.7 Å². The number of carbonyl (C=O) groups excluding carboxylic acids is 1. The molecule has 3 aromatic rings. The SMILES string of the molecule is O=C(CC1(C(F)(F)F)CCCC1)Nn1nc(Cc2ccccc2)c2ccccc2c1=O. The molecule has 0 aliphatic heterocycles. The molecule has 0 radical (unpaired) electrons. The minimum absolute atomic E-state index is 0.0801. The van der Waals surface area contributed by atoms with Crippen LogP contribution in [0.25, 0.3) is 10.8 Å². The van der Waals surface area contributed by atoms with Crippen molar-refractivity contribution in [2.24, 2.45) is 5.41 Å². The molecule has 2 aromatic carbocycles. The molecule has 162 valence electrons. The lowest BCUT2D eigenvalue weighted by atomic mass is 9.81. The number of amides is 1. The topological polar surface area (TPSA) is 64.0 Å². The average molecular weight is 429 g/mol. The minimum Gasteiger partial charge on any atom is -0.273 e. The summed E-state index contributed by atoms with van der Waals surface area (Å²) in [6, 6.07) is 16.3.